The number of hydrogen-bond donors (Lipinski definition) is 1. The lowest BCUT2D eigenvalue weighted by molar-refractivity contribution is -0.141. The van der Waals surface area contributed by atoms with Crippen molar-refractivity contribution in [3.8, 4) is 0 Å². The zero-order valence-electron chi connectivity index (χ0n) is 8.49. The number of carbonyl (C=O) groups is 2. The molecule has 2 rings (SSSR count). The highest BCUT2D eigenvalue weighted by molar-refractivity contribution is 8.00. The molecule has 0 aliphatic carbocycles. The van der Waals surface area contributed by atoms with Gasteiger partial charge in [-0.05, 0) is 13.0 Å². The normalized spacial score (nSPS) is 22.9. The van der Waals surface area contributed by atoms with Crippen molar-refractivity contribution in [1.82, 2.24) is 10.2 Å². The summed E-state index contributed by atoms with van der Waals surface area (Å²) in [5, 5.41) is 3.21. The molecule has 82 valence electrons. The van der Waals surface area contributed by atoms with Crippen molar-refractivity contribution in [3.63, 3.8) is 0 Å². The lowest BCUT2D eigenvalue weighted by Gasteiger charge is -2.26. The van der Waals surface area contributed by atoms with Crippen molar-refractivity contribution in [2.45, 2.75) is 6.42 Å². The van der Waals surface area contributed by atoms with Crippen LogP contribution in [0.2, 0.25) is 0 Å². The van der Waals surface area contributed by atoms with E-state index in [2.05, 4.69) is 11.4 Å². The highest BCUT2D eigenvalue weighted by Crippen LogP contribution is 2.15. The third-order valence-electron chi connectivity index (χ3n) is 2.57. The Labute approximate surface area is 93.1 Å². The van der Waals surface area contributed by atoms with Crippen LogP contribution >= 0.6 is 11.8 Å². The molecule has 0 saturated carbocycles. The fourth-order valence-corrected chi connectivity index (χ4v) is 2.48. The van der Waals surface area contributed by atoms with Crippen LogP contribution in [-0.2, 0) is 9.59 Å². The molecule has 0 aromatic carbocycles. The van der Waals surface area contributed by atoms with Gasteiger partial charge < -0.3 is 5.32 Å². The molecule has 0 bridgehead atoms. The fourth-order valence-electron chi connectivity index (χ4n) is 1.71. The van der Waals surface area contributed by atoms with Crippen LogP contribution in [0.3, 0.4) is 0 Å². The molecule has 0 atom stereocenters. The fraction of sp³-hybridized carbons (Fsp3) is 0.600. The van der Waals surface area contributed by atoms with Crippen molar-refractivity contribution < 1.29 is 9.59 Å². The number of imide groups is 1. The van der Waals surface area contributed by atoms with Crippen molar-refractivity contribution in [2.24, 2.45) is 0 Å². The Hall–Kier alpha value is -0.810. The van der Waals surface area contributed by atoms with Gasteiger partial charge in [-0.1, -0.05) is 11.6 Å². The molecule has 5 heteroatoms. The van der Waals surface area contributed by atoms with Gasteiger partial charge in [0.05, 0.1) is 11.5 Å². The maximum absolute atomic E-state index is 11.5. The predicted octanol–water partition coefficient (Wildman–Crippen LogP) is 0.00810. The molecule has 0 aromatic heterocycles. The number of nitrogens with zero attached hydrogens (tertiary/aromatic N) is 1. The van der Waals surface area contributed by atoms with Gasteiger partial charge in [-0.2, -0.15) is 0 Å². The standard InChI is InChI=1S/C10H14N2O2S/c13-9-6-15-7-10(14)12(9)5-8-1-3-11-4-2-8/h1,11H,2-7H2. The SMILES string of the molecule is O=C1CSCC(=O)N1CC1=CCNCC1. The van der Waals surface area contributed by atoms with Crippen LogP contribution in [-0.4, -0.2) is 47.9 Å². The number of rotatable bonds is 2. The molecule has 2 heterocycles. The third-order valence-corrected chi connectivity index (χ3v) is 3.47. The van der Waals surface area contributed by atoms with E-state index in [0.29, 0.717) is 18.1 Å². The highest BCUT2D eigenvalue weighted by Gasteiger charge is 2.26. The Bertz CT molecular complexity index is 299. The Morgan fingerprint density at radius 1 is 1.33 bits per heavy atom. The van der Waals surface area contributed by atoms with E-state index >= 15 is 0 Å². The number of carbonyl (C=O) groups excluding carboxylic acids is 2. The van der Waals surface area contributed by atoms with Gasteiger partial charge in [-0.3, -0.25) is 14.5 Å². The van der Waals surface area contributed by atoms with E-state index in [0.717, 1.165) is 19.5 Å². The van der Waals surface area contributed by atoms with Gasteiger partial charge in [0.1, 0.15) is 0 Å². The largest absolute Gasteiger partial charge is 0.313 e. The smallest absolute Gasteiger partial charge is 0.239 e. The molecular formula is C10H14N2O2S. The van der Waals surface area contributed by atoms with E-state index in [1.807, 2.05) is 0 Å². The molecule has 0 unspecified atom stereocenters. The molecule has 1 N–H and O–H groups in total. The van der Waals surface area contributed by atoms with Crippen LogP contribution in [0.1, 0.15) is 6.42 Å². The average Bonchev–Trinajstić information content (AvgIpc) is 2.25. The lowest BCUT2D eigenvalue weighted by Crippen LogP contribution is -2.44. The molecule has 2 aliphatic heterocycles. The van der Waals surface area contributed by atoms with Gasteiger partial charge in [0.15, 0.2) is 0 Å². The van der Waals surface area contributed by atoms with E-state index in [9.17, 15) is 9.59 Å². The first-order valence-electron chi connectivity index (χ1n) is 5.07. The molecule has 0 aromatic rings. The first kappa shape index (κ1) is 10.7. The van der Waals surface area contributed by atoms with Gasteiger partial charge in [0, 0.05) is 13.1 Å². The van der Waals surface area contributed by atoms with E-state index in [1.54, 1.807) is 0 Å². The van der Waals surface area contributed by atoms with Crippen molar-refractivity contribution in [3.05, 3.63) is 11.6 Å². The molecule has 15 heavy (non-hydrogen) atoms. The molecule has 2 amide bonds. The summed E-state index contributed by atoms with van der Waals surface area (Å²) in [6, 6.07) is 0. The maximum Gasteiger partial charge on any atom is 0.239 e. The molecule has 2 aliphatic rings. The molecule has 0 radical (unpaired) electrons. The summed E-state index contributed by atoms with van der Waals surface area (Å²) < 4.78 is 0. The van der Waals surface area contributed by atoms with Crippen molar-refractivity contribution in [2.75, 3.05) is 31.1 Å². The molecule has 4 nitrogen and oxygen atoms in total. The topological polar surface area (TPSA) is 49.4 Å². The van der Waals surface area contributed by atoms with Crippen LogP contribution in [0.4, 0.5) is 0 Å². The van der Waals surface area contributed by atoms with Crippen LogP contribution < -0.4 is 5.32 Å². The quantitative estimate of drug-likeness (QED) is 0.532. The summed E-state index contributed by atoms with van der Waals surface area (Å²) >= 11 is 1.40. The second kappa shape index (κ2) is 4.81. The number of amides is 2. The summed E-state index contributed by atoms with van der Waals surface area (Å²) in [5.41, 5.74) is 1.20. The number of hydrogen-bond acceptors (Lipinski definition) is 4. The van der Waals surface area contributed by atoms with E-state index in [1.165, 1.54) is 22.2 Å². The van der Waals surface area contributed by atoms with Gasteiger partial charge >= 0.3 is 0 Å². The molecular weight excluding hydrogens is 212 g/mol. The Kier molecular flexibility index (Phi) is 3.43. The Morgan fingerprint density at radius 3 is 2.67 bits per heavy atom. The van der Waals surface area contributed by atoms with Gasteiger partial charge in [0.25, 0.3) is 0 Å². The minimum atomic E-state index is -0.0457. The Morgan fingerprint density at radius 2 is 2.07 bits per heavy atom. The molecule has 1 saturated heterocycles. The molecule has 0 spiro atoms. The first-order valence-corrected chi connectivity index (χ1v) is 6.22. The van der Waals surface area contributed by atoms with Crippen LogP contribution in [0.5, 0.6) is 0 Å². The van der Waals surface area contributed by atoms with Crippen LogP contribution in [0, 0.1) is 0 Å². The minimum Gasteiger partial charge on any atom is -0.313 e. The third kappa shape index (κ3) is 2.60. The maximum atomic E-state index is 11.5. The number of nitrogens with one attached hydrogen (secondary N) is 1. The number of thioether (sulfide) groups is 1. The summed E-state index contributed by atoms with van der Waals surface area (Å²) in [7, 11) is 0. The zero-order valence-corrected chi connectivity index (χ0v) is 9.31. The minimum absolute atomic E-state index is 0.0457. The average molecular weight is 226 g/mol. The predicted molar refractivity (Wildman–Crippen MR) is 59.6 cm³/mol. The lowest BCUT2D eigenvalue weighted by atomic mass is 10.1. The van der Waals surface area contributed by atoms with Gasteiger partial charge in [-0.15, -0.1) is 11.8 Å². The van der Waals surface area contributed by atoms with Crippen molar-refractivity contribution >= 4 is 23.6 Å². The van der Waals surface area contributed by atoms with Gasteiger partial charge in [0.2, 0.25) is 11.8 Å². The Balaban J connectivity index is 1.99. The summed E-state index contributed by atoms with van der Waals surface area (Å²) in [4.78, 5) is 24.4. The highest BCUT2D eigenvalue weighted by atomic mass is 32.2. The van der Waals surface area contributed by atoms with E-state index < -0.39 is 0 Å². The van der Waals surface area contributed by atoms with E-state index in [-0.39, 0.29) is 11.8 Å². The van der Waals surface area contributed by atoms with Crippen LogP contribution in [0.25, 0.3) is 0 Å². The molecule has 1 fully saturated rings. The summed E-state index contributed by atoms with van der Waals surface area (Å²) in [6.45, 7) is 2.29. The van der Waals surface area contributed by atoms with Gasteiger partial charge in [-0.25, -0.2) is 0 Å². The monoisotopic (exact) mass is 226 g/mol. The van der Waals surface area contributed by atoms with Crippen molar-refractivity contribution in [1.29, 1.82) is 0 Å². The summed E-state index contributed by atoms with van der Waals surface area (Å²) in [5.74, 6) is 0.792. The van der Waals surface area contributed by atoms with E-state index in [4.69, 9.17) is 0 Å². The van der Waals surface area contributed by atoms with Crippen LogP contribution in [0.15, 0.2) is 11.6 Å². The second-order valence-corrected chi connectivity index (χ2v) is 4.67. The second-order valence-electron chi connectivity index (χ2n) is 3.68. The zero-order chi connectivity index (χ0) is 10.7. The summed E-state index contributed by atoms with van der Waals surface area (Å²) in [6.07, 6.45) is 3.01. The first-order chi connectivity index (χ1) is 7.27.